The van der Waals surface area contributed by atoms with Crippen molar-refractivity contribution >= 4 is 27.7 Å². The predicted molar refractivity (Wildman–Crippen MR) is 82.3 cm³/mol. The van der Waals surface area contributed by atoms with Crippen molar-refractivity contribution in [2.24, 2.45) is 0 Å². The van der Waals surface area contributed by atoms with E-state index in [-0.39, 0.29) is 5.24 Å². The summed E-state index contributed by atoms with van der Waals surface area (Å²) in [6.07, 6.45) is 0. The Morgan fingerprint density at radius 2 is 1.71 bits per heavy atom. The number of nitrogens with one attached hydrogen (secondary N) is 1. The number of H-pyrrole nitrogens is 1. The first-order valence-electron chi connectivity index (χ1n) is 6.01. The van der Waals surface area contributed by atoms with Crippen molar-refractivity contribution in [3.63, 3.8) is 0 Å². The van der Waals surface area contributed by atoms with Gasteiger partial charge in [0.2, 0.25) is 5.24 Å². The number of carbonyl (C=O) groups excluding carboxylic acids is 1. The summed E-state index contributed by atoms with van der Waals surface area (Å²) in [7, 11) is 0. The molecular weight excluding hydrogens is 296 g/mol. The van der Waals surface area contributed by atoms with Crippen LogP contribution in [-0.2, 0) is 4.79 Å². The summed E-state index contributed by atoms with van der Waals surface area (Å²) in [6, 6.07) is 8.43. The minimum atomic E-state index is -0.723. The van der Waals surface area contributed by atoms with Crippen molar-refractivity contribution < 1.29 is 9.21 Å². The molecule has 0 bridgehead atoms. The molecule has 6 nitrogen and oxygen atoms in total. The molecule has 21 heavy (non-hydrogen) atoms. The van der Waals surface area contributed by atoms with Crippen LogP contribution in [0.5, 0.6) is 0 Å². The maximum atomic E-state index is 11.0. The van der Waals surface area contributed by atoms with Gasteiger partial charge in [-0.2, -0.15) is 5.26 Å². The molecule has 114 valence electrons. The summed E-state index contributed by atoms with van der Waals surface area (Å²) >= 11 is 4.64. The second-order valence-electron chi connectivity index (χ2n) is 3.04. The molecule has 1 aromatic heterocycles. The minimum absolute atomic E-state index is 0.361. The van der Waals surface area contributed by atoms with Crippen LogP contribution >= 0.6 is 11.6 Å². The highest BCUT2D eigenvalue weighted by molar-refractivity contribution is 6.62. The number of para-hydroxylation sites is 1. The Labute approximate surface area is 127 Å². The van der Waals surface area contributed by atoms with Gasteiger partial charge in [0.15, 0.2) is 0 Å². The summed E-state index contributed by atoms with van der Waals surface area (Å²) in [5.74, 6) is -0.723. The van der Waals surface area contributed by atoms with Crippen LogP contribution in [0, 0.1) is 11.3 Å². The zero-order valence-electron chi connectivity index (χ0n) is 12.3. The van der Waals surface area contributed by atoms with E-state index in [9.17, 15) is 14.4 Å². The first-order chi connectivity index (χ1) is 9.92. The largest absolute Gasteiger partial charge is 0.419 e. The number of hydrogen-bond donors (Lipinski definition) is 1. The number of aromatic nitrogens is 1. The van der Waals surface area contributed by atoms with Crippen LogP contribution in [0.1, 0.15) is 27.7 Å². The fourth-order valence-electron chi connectivity index (χ4n) is 1.04. The number of fused-ring (bicyclic) bond motifs is 1. The van der Waals surface area contributed by atoms with E-state index in [4.69, 9.17) is 5.26 Å². The number of carbonyl (C=O) groups is 1. The Balaban J connectivity index is 0. The lowest BCUT2D eigenvalue weighted by Gasteiger charge is -1.91. The quantitative estimate of drug-likeness (QED) is 0.753. The van der Waals surface area contributed by atoms with Gasteiger partial charge in [0, 0.05) is 13.8 Å². The number of halogens is 1. The second kappa shape index (κ2) is 12.6. The van der Waals surface area contributed by atoms with Crippen LogP contribution in [0.3, 0.4) is 0 Å². The molecule has 0 unspecified atom stereocenters. The van der Waals surface area contributed by atoms with Gasteiger partial charge < -0.3 is 4.42 Å². The number of nitriles is 1. The van der Waals surface area contributed by atoms with Crippen LogP contribution in [0.15, 0.2) is 38.3 Å². The lowest BCUT2D eigenvalue weighted by atomic mass is 10.2. The van der Waals surface area contributed by atoms with Crippen molar-refractivity contribution in [2.45, 2.75) is 27.7 Å². The van der Waals surface area contributed by atoms with Gasteiger partial charge in [-0.1, -0.05) is 26.0 Å². The Hall–Kier alpha value is -2.39. The average molecular weight is 313 g/mol. The zero-order chi connectivity index (χ0) is 16.8. The third-order valence-corrected chi connectivity index (χ3v) is 1.57. The minimum Gasteiger partial charge on any atom is -0.372 e. The molecule has 1 N–H and O–H groups in total. The highest BCUT2D eigenvalue weighted by atomic mass is 35.5. The van der Waals surface area contributed by atoms with Crippen LogP contribution in [0.4, 0.5) is 0 Å². The molecule has 2 aromatic rings. The van der Waals surface area contributed by atoms with E-state index in [1.807, 2.05) is 13.8 Å². The molecule has 0 amide bonds. The smallest absolute Gasteiger partial charge is 0.372 e. The molecule has 0 aliphatic carbocycles. The number of hydrogen-bond acceptors (Lipinski definition) is 5. The molecule has 0 fully saturated rings. The predicted octanol–water partition coefficient (Wildman–Crippen LogP) is 2.81. The summed E-state index contributed by atoms with van der Waals surface area (Å²) < 4.78 is 4.32. The van der Waals surface area contributed by atoms with Crippen molar-refractivity contribution in [2.75, 3.05) is 0 Å². The van der Waals surface area contributed by atoms with Crippen LogP contribution in [0.25, 0.3) is 10.9 Å². The van der Waals surface area contributed by atoms with Crippen molar-refractivity contribution in [1.29, 1.82) is 5.26 Å². The van der Waals surface area contributed by atoms with E-state index < -0.39 is 11.4 Å². The van der Waals surface area contributed by atoms with Crippen LogP contribution in [0.2, 0.25) is 0 Å². The van der Waals surface area contributed by atoms with Crippen molar-refractivity contribution in [1.82, 2.24) is 4.98 Å². The van der Waals surface area contributed by atoms with Gasteiger partial charge in [0.25, 0.3) is 0 Å². The van der Waals surface area contributed by atoms with E-state index in [0.717, 1.165) is 0 Å². The highest BCUT2D eigenvalue weighted by Gasteiger charge is 1.98. The van der Waals surface area contributed by atoms with Gasteiger partial charge in [0.05, 0.1) is 17.0 Å². The topological polar surface area (TPSA) is 104 Å². The summed E-state index contributed by atoms with van der Waals surface area (Å²) in [6.45, 7) is 6.72. The lowest BCUT2D eigenvalue weighted by molar-refractivity contribution is -0.109. The first kappa shape index (κ1) is 20.9. The SMILES string of the molecule is CC.CC#N.CC(=O)Cl.O=c1[nH]c2ccccc2c(=O)o1. The second-order valence-corrected chi connectivity index (χ2v) is 3.57. The first-order valence-corrected chi connectivity index (χ1v) is 6.39. The number of rotatable bonds is 0. The lowest BCUT2D eigenvalue weighted by Crippen LogP contribution is -2.13. The van der Waals surface area contributed by atoms with E-state index >= 15 is 0 Å². The highest BCUT2D eigenvalue weighted by Crippen LogP contribution is 2.01. The third-order valence-electron chi connectivity index (χ3n) is 1.57. The fourth-order valence-corrected chi connectivity index (χ4v) is 1.04. The standard InChI is InChI=1S/C8H5NO3.C2H3ClO.C2H3N.C2H6/c10-7-5-3-1-2-4-6(5)9-8(11)12-7;1-2(3)4;1-2-3;1-2/h1-4H,(H,9,11);1H3;1H3;1-2H3. The maximum absolute atomic E-state index is 11.0. The molecule has 2 rings (SSSR count). The fraction of sp³-hybridized carbons (Fsp3) is 0.286. The average Bonchev–Trinajstić information content (AvgIpc) is 2.41. The van der Waals surface area contributed by atoms with Gasteiger partial charge >= 0.3 is 11.4 Å². The van der Waals surface area contributed by atoms with E-state index in [2.05, 4.69) is 21.0 Å². The molecular formula is C14H17ClN2O4. The monoisotopic (exact) mass is 312 g/mol. The molecule has 0 radical (unpaired) electrons. The summed E-state index contributed by atoms with van der Waals surface area (Å²) in [5, 5.41) is 7.34. The molecule has 0 atom stereocenters. The van der Waals surface area contributed by atoms with E-state index in [1.54, 1.807) is 30.3 Å². The van der Waals surface area contributed by atoms with Crippen LogP contribution < -0.4 is 11.4 Å². The Morgan fingerprint density at radius 3 is 2.19 bits per heavy atom. The van der Waals surface area contributed by atoms with Gasteiger partial charge in [-0.05, 0) is 23.7 Å². The van der Waals surface area contributed by atoms with Crippen molar-refractivity contribution in [3.05, 3.63) is 45.2 Å². The Kier molecular flexibility index (Phi) is 12.6. The molecule has 0 aliphatic rings. The van der Waals surface area contributed by atoms with Gasteiger partial charge in [-0.3, -0.25) is 9.78 Å². The molecule has 1 aromatic carbocycles. The molecule has 0 spiro atoms. The maximum Gasteiger partial charge on any atom is 0.419 e. The number of nitrogens with zero attached hydrogens (tertiary/aromatic N) is 1. The van der Waals surface area contributed by atoms with E-state index in [0.29, 0.717) is 10.9 Å². The summed E-state index contributed by atoms with van der Waals surface area (Å²) in [4.78, 5) is 33.3. The number of aromatic amines is 1. The number of benzene rings is 1. The van der Waals surface area contributed by atoms with Crippen LogP contribution in [-0.4, -0.2) is 10.2 Å². The molecule has 0 saturated heterocycles. The Morgan fingerprint density at radius 1 is 1.29 bits per heavy atom. The molecule has 0 aliphatic heterocycles. The molecule has 1 heterocycles. The van der Waals surface area contributed by atoms with Crippen molar-refractivity contribution in [3.8, 4) is 6.07 Å². The normalized spacial score (nSPS) is 7.81. The Bertz CT molecular complexity index is 694. The van der Waals surface area contributed by atoms with Gasteiger partial charge in [0.1, 0.15) is 0 Å². The zero-order valence-corrected chi connectivity index (χ0v) is 13.0. The van der Waals surface area contributed by atoms with E-state index in [1.165, 1.54) is 13.8 Å². The third kappa shape index (κ3) is 10.1. The summed E-state index contributed by atoms with van der Waals surface area (Å²) in [5.41, 5.74) is -0.104. The van der Waals surface area contributed by atoms with Gasteiger partial charge in [-0.15, -0.1) is 0 Å². The molecule has 0 saturated carbocycles. The van der Waals surface area contributed by atoms with Gasteiger partial charge in [-0.25, -0.2) is 9.59 Å². The molecule has 7 heteroatoms.